The quantitative estimate of drug-likeness (QED) is 0.334. The van der Waals surface area contributed by atoms with Crippen LogP contribution in [0.1, 0.15) is 6.42 Å². The topological polar surface area (TPSA) is 62.9 Å². The molecular formula is C14H18F6N4O. The van der Waals surface area contributed by atoms with Crippen LogP contribution in [0.5, 0.6) is 5.75 Å². The summed E-state index contributed by atoms with van der Waals surface area (Å²) in [5.74, 6) is -0.371. The Morgan fingerprint density at radius 1 is 1.16 bits per heavy atom. The molecule has 0 atom stereocenters. The molecule has 0 unspecified atom stereocenters. The third kappa shape index (κ3) is 10.3. The summed E-state index contributed by atoms with van der Waals surface area (Å²) in [6.07, 6.45) is -8.65. The van der Waals surface area contributed by atoms with Crippen molar-refractivity contribution in [3.05, 3.63) is 24.3 Å². The number of benzene rings is 1. The van der Waals surface area contributed by atoms with Crippen LogP contribution in [0.2, 0.25) is 0 Å². The van der Waals surface area contributed by atoms with E-state index in [0.717, 1.165) is 17.0 Å². The van der Waals surface area contributed by atoms with E-state index >= 15 is 0 Å². The van der Waals surface area contributed by atoms with Crippen LogP contribution in [0.25, 0.3) is 0 Å². The number of nitrogens with two attached hydrogens (primary N) is 1. The molecule has 25 heavy (non-hydrogen) atoms. The number of nitrogens with zero attached hydrogens (tertiary/aromatic N) is 2. The second-order valence-electron chi connectivity index (χ2n) is 5.17. The summed E-state index contributed by atoms with van der Waals surface area (Å²) in [7, 11) is 1.35. The van der Waals surface area contributed by atoms with Gasteiger partial charge in [0.1, 0.15) is 5.75 Å². The second kappa shape index (κ2) is 8.79. The van der Waals surface area contributed by atoms with E-state index in [0.29, 0.717) is 12.1 Å². The first-order chi connectivity index (χ1) is 11.4. The molecule has 0 spiro atoms. The number of aliphatic imine (C=N–C) groups is 1. The molecule has 0 radical (unpaired) electrons. The van der Waals surface area contributed by atoms with Crippen LogP contribution in [-0.2, 0) is 0 Å². The van der Waals surface area contributed by atoms with E-state index in [9.17, 15) is 26.3 Å². The standard InChI is InChI=1S/C14H18F6N4O/c1-24(9-13(15,16)17)8-2-7-22-12(21)23-10-3-5-11(6-4-10)25-14(18,19)20/h3-6H,2,7-9H2,1H3,(H3,21,22,23). The van der Waals surface area contributed by atoms with E-state index < -0.39 is 19.1 Å². The molecule has 0 aliphatic heterocycles. The van der Waals surface area contributed by atoms with E-state index in [2.05, 4.69) is 15.0 Å². The van der Waals surface area contributed by atoms with Crippen molar-refractivity contribution in [2.24, 2.45) is 10.7 Å². The lowest BCUT2D eigenvalue weighted by molar-refractivity contribution is -0.274. The number of anilines is 1. The minimum atomic E-state index is -4.77. The molecule has 0 fully saturated rings. The average Bonchev–Trinajstić information content (AvgIpc) is 2.42. The van der Waals surface area contributed by atoms with Gasteiger partial charge in [0.05, 0.1) is 6.54 Å². The highest BCUT2D eigenvalue weighted by Gasteiger charge is 2.31. The Bertz CT molecular complexity index is 556. The van der Waals surface area contributed by atoms with E-state index in [1.807, 2.05) is 0 Å². The zero-order valence-electron chi connectivity index (χ0n) is 13.3. The smallest absolute Gasteiger partial charge is 0.406 e. The van der Waals surface area contributed by atoms with Crippen LogP contribution in [0.15, 0.2) is 29.3 Å². The van der Waals surface area contributed by atoms with Gasteiger partial charge < -0.3 is 15.8 Å². The van der Waals surface area contributed by atoms with Crippen molar-refractivity contribution in [1.82, 2.24) is 4.90 Å². The van der Waals surface area contributed by atoms with Crippen LogP contribution in [-0.4, -0.2) is 50.1 Å². The van der Waals surface area contributed by atoms with Crippen LogP contribution in [0.4, 0.5) is 32.0 Å². The van der Waals surface area contributed by atoms with E-state index in [4.69, 9.17) is 5.73 Å². The summed E-state index contributed by atoms with van der Waals surface area (Å²) in [5, 5.41) is 2.66. The van der Waals surface area contributed by atoms with Crippen molar-refractivity contribution < 1.29 is 31.1 Å². The first-order valence-corrected chi connectivity index (χ1v) is 7.13. The Morgan fingerprint density at radius 2 is 1.76 bits per heavy atom. The number of hydrogen-bond acceptors (Lipinski definition) is 3. The average molecular weight is 372 g/mol. The molecule has 1 rings (SSSR count). The molecule has 0 aliphatic rings. The fraction of sp³-hybridized carbons (Fsp3) is 0.500. The minimum absolute atomic E-state index is 0.00274. The summed E-state index contributed by atoms with van der Waals surface area (Å²) < 4.78 is 76.2. The van der Waals surface area contributed by atoms with Gasteiger partial charge in [-0.15, -0.1) is 13.2 Å². The number of halogens is 6. The van der Waals surface area contributed by atoms with Gasteiger partial charge in [-0.1, -0.05) is 0 Å². The number of guanidine groups is 1. The molecule has 5 nitrogen and oxygen atoms in total. The van der Waals surface area contributed by atoms with Gasteiger partial charge in [0, 0.05) is 12.2 Å². The predicted octanol–water partition coefficient (Wildman–Crippen LogP) is 3.20. The number of hydrogen-bond donors (Lipinski definition) is 2. The third-order valence-electron chi connectivity index (χ3n) is 2.79. The van der Waals surface area contributed by atoms with Gasteiger partial charge in [-0.2, -0.15) is 13.2 Å². The number of rotatable bonds is 7. The number of ether oxygens (including phenoxy) is 1. The molecule has 142 valence electrons. The summed E-state index contributed by atoms with van der Waals surface area (Å²) >= 11 is 0. The van der Waals surface area contributed by atoms with Crippen molar-refractivity contribution in [3.8, 4) is 5.75 Å². The Balaban J connectivity index is 2.38. The molecule has 0 amide bonds. The molecule has 11 heteroatoms. The van der Waals surface area contributed by atoms with Crippen molar-refractivity contribution in [1.29, 1.82) is 0 Å². The van der Waals surface area contributed by atoms with E-state index in [1.54, 1.807) is 0 Å². The van der Waals surface area contributed by atoms with Gasteiger partial charge in [-0.3, -0.25) is 9.89 Å². The largest absolute Gasteiger partial charge is 0.573 e. The van der Waals surface area contributed by atoms with Crippen molar-refractivity contribution >= 4 is 11.6 Å². The second-order valence-corrected chi connectivity index (χ2v) is 5.17. The number of alkyl halides is 6. The molecule has 3 N–H and O–H groups in total. The van der Waals surface area contributed by atoms with Gasteiger partial charge >= 0.3 is 12.5 Å². The van der Waals surface area contributed by atoms with E-state index in [-0.39, 0.29) is 24.8 Å². The predicted molar refractivity (Wildman–Crippen MR) is 81.4 cm³/mol. The maximum Gasteiger partial charge on any atom is 0.573 e. The van der Waals surface area contributed by atoms with Gasteiger partial charge in [0.15, 0.2) is 5.96 Å². The van der Waals surface area contributed by atoms with Gasteiger partial charge in [0.25, 0.3) is 0 Å². The fourth-order valence-electron chi connectivity index (χ4n) is 1.85. The van der Waals surface area contributed by atoms with Crippen LogP contribution < -0.4 is 15.8 Å². The molecule has 0 saturated carbocycles. The molecule has 0 saturated heterocycles. The van der Waals surface area contributed by atoms with Crippen LogP contribution in [0, 0.1) is 0 Å². The van der Waals surface area contributed by atoms with Crippen molar-refractivity contribution in [2.45, 2.75) is 19.0 Å². The maximum atomic E-state index is 12.1. The first kappa shape index (κ1) is 20.9. The molecule has 1 aromatic rings. The van der Waals surface area contributed by atoms with Gasteiger partial charge in [0.2, 0.25) is 0 Å². The van der Waals surface area contributed by atoms with Crippen LogP contribution >= 0.6 is 0 Å². The SMILES string of the molecule is CN(CCCN=C(N)Nc1ccc(OC(F)(F)F)cc1)CC(F)(F)F. The lowest BCUT2D eigenvalue weighted by atomic mass is 10.3. The zero-order valence-corrected chi connectivity index (χ0v) is 13.3. The van der Waals surface area contributed by atoms with Gasteiger partial charge in [-0.05, 0) is 44.3 Å². The van der Waals surface area contributed by atoms with Gasteiger partial charge in [-0.25, -0.2) is 0 Å². The lowest BCUT2D eigenvalue weighted by Crippen LogP contribution is -2.32. The van der Waals surface area contributed by atoms with Crippen molar-refractivity contribution in [2.75, 3.05) is 32.0 Å². The summed E-state index contributed by atoms with van der Waals surface area (Å²) in [6, 6.07) is 4.85. The molecular weight excluding hydrogens is 354 g/mol. The Morgan fingerprint density at radius 3 is 2.28 bits per heavy atom. The molecule has 0 aromatic heterocycles. The normalized spacial score (nSPS) is 13.2. The fourth-order valence-corrected chi connectivity index (χ4v) is 1.85. The summed E-state index contributed by atoms with van der Waals surface area (Å²) in [5.41, 5.74) is 5.99. The third-order valence-corrected chi connectivity index (χ3v) is 2.79. The molecule has 1 aromatic carbocycles. The molecule has 0 heterocycles. The highest BCUT2D eigenvalue weighted by molar-refractivity contribution is 5.92. The monoisotopic (exact) mass is 372 g/mol. The minimum Gasteiger partial charge on any atom is -0.406 e. The van der Waals surface area contributed by atoms with E-state index in [1.165, 1.54) is 19.2 Å². The van der Waals surface area contributed by atoms with Crippen LogP contribution in [0.3, 0.4) is 0 Å². The Hall–Kier alpha value is -2.17. The highest BCUT2D eigenvalue weighted by atomic mass is 19.4. The van der Waals surface area contributed by atoms with Crippen molar-refractivity contribution in [3.63, 3.8) is 0 Å². The molecule has 0 bridgehead atoms. The number of nitrogens with one attached hydrogen (secondary N) is 1. The molecule has 0 aliphatic carbocycles. The summed E-state index contributed by atoms with van der Waals surface area (Å²) in [6.45, 7) is -0.604. The zero-order chi connectivity index (χ0) is 19.1. The first-order valence-electron chi connectivity index (χ1n) is 7.13. The Kier molecular flexibility index (Phi) is 7.34. The maximum absolute atomic E-state index is 12.1. The lowest BCUT2D eigenvalue weighted by Gasteiger charge is -2.17. The Labute approximate surface area is 140 Å². The highest BCUT2D eigenvalue weighted by Crippen LogP contribution is 2.23. The summed E-state index contributed by atoms with van der Waals surface area (Å²) in [4.78, 5) is 5.06.